The van der Waals surface area contributed by atoms with Crippen molar-refractivity contribution in [1.82, 2.24) is 10.2 Å². The Labute approximate surface area is 168 Å². The van der Waals surface area contributed by atoms with Crippen molar-refractivity contribution in [2.45, 2.75) is 13.3 Å². The van der Waals surface area contributed by atoms with Gasteiger partial charge < -0.3 is 10.2 Å². The minimum Gasteiger partial charge on any atom is -0.369 e. The summed E-state index contributed by atoms with van der Waals surface area (Å²) >= 11 is 0. The maximum absolute atomic E-state index is 13.5. The van der Waals surface area contributed by atoms with Crippen LogP contribution in [0.1, 0.15) is 44.4 Å². The molecule has 3 aliphatic rings. The monoisotopic (exact) mass is 384 g/mol. The first kappa shape index (κ1) is 17.6. The van der Waals surface area contributed by atoms with Crippen LogP contribution in [-0.2, 0) is 0 Å². The second-order valence-corrected chi connectivity index (χ2v) is 7.46. The maximum atomic E-state index is 13.5. The van der Waals surface area contributed by atoms with Crippen LogP contribution in [0.15, 0.2) is 77.3 Å². The summed E-state index contributed by atoms with van der Waals surface area (Å²) in [5, 5.41) is 3.30. The molecule has 5 nitrogen and oxygen atoms in total. The molecule has 1 saturated heterocycles. The van der Waals surface area contributed by atoms with E-state index in [-0.39, 0.29) is 17.3 Å². The van der Waals surface area contributed by atoms with Crippen LogP contribution in [0, 0.1) is 5.92 Å². The Morgan fingerprint density at radius 2 is 1.66 bits per heavy atom. The first-order chi connectivity index (χ1) is 14.1. The van der Waals surface area contributed by atoms with Crippen LogP contribution >= 0.6 is 0 Å². The molecule has 0 saturated carbocycles. The summed E-state index contributed by atoms with van der Waals surface area (Å²) in [5.41, 5.74) is 2.93. The Hall–Kier alpha value is -3.47. The lowest BCUT2D eigenvalue weighted by Gasteiger charge is -2.37. The number of ketones is 3. The summed E-state index contributed by atoms with van der Waals surface area (Å²) in [4.78, 5) is 42.1. The summed E-state index contributed by atoms with van der Waals surface area (Å²) in [6.45, 7) is 3.13. The van der Waals surface area contributed by atoms with Crippen molar-refractivity contribution in [2.24, 2.45) is 5.92 Å². The van der Waals surface area contributed by atoms with Gasteiger partial charge in [0.15, 0.2) is 11.6 Å². The van der Waals surface area contributed by atoms with Gasteiger partial charge in [-0.2, -0.15) is 0 Å². The number of nitrogens with one attached hydrogen (secondary N) is 1. The van der Waals surface area contributed by atoms with Crippen LogP contribution < -0.4 is 5.32 Å². The molecule has 0 bridgehead atoms. The average molecular weight is 384 g/mol. The van der Waals surface area contributed by atoms with E-state index in [2.05, 4.69) is 5.32 Å². The number of benzene rings is 2. The highest BCUT2D eigenvalue weighted by molar-refractivity contribution is 6.28. The van der Waals surface area contributed by atoms with Gasteiger partial charge in [-0.05, 0) is 6.42 Å². The second-order valence-electron chi connectivity index (χ2n) is 7.46. The van der Waals surface area contributed by atoms with Crippen molar-refractivity contribution in [1.29, 1.82) is 0 Å². The zero-order valence-corrected chi connectivity index (χ0v) is 16.1. The van der Waals surface area contributed by atoms with E-state index < -0.39 is 5.92 Å². The molecule has 1 atom stereocenters. The summed E-state index contributed by atoms with van der Waals surface area (Å²) in [6.07, 6.45) is 0.562. The number of Topliss-reactive ketones (excluding diaryl/α,β-unsaturated/α-hetero) is 3. The van der Waals surface area contributed by atoms with E-state index in [9.17, 15) is 14.4 Å². The zero-order chi connectivity index (χ0) is 20.1. The Morgan fingerprint density at radius 1 is 1.00 bits per heavy atom. The molecule has 0 amide bonds. The molecule has 144 valence electrons. The van der Waals surface area contributed by atoms with Gasteiger partial charge in [-0.3, -0.25) is 14.4 Å². The quantitative estimate of drug-likeness (QED) is 0.822. The topological polar surface area (TPSA) is 66.5 Å². The Kier molecular flexibility index (Phi) is 3.98. The summed E-state index contributed by atoms with van der Waals surface area (Å²) in [6, 6.07) is 16.1. The van der Waals surface area contributed by atoms with E-state index in [1.165, 1.54) is 0 Å². The Morgan fingerprint density at radius 3 is 2.34 bits per heavy atom. The minimum atomic E-state index is -0.417. The van der Waals surface area contributed by atoms with Crippen LogP contribution in [0.5, 0.6) is 0 Å². The number of hydrogen-bond acceptors (Lipinski definition) is 5. The standard InChI is InChI=1S/C24H20N2O3/c1-2-15-18-20(23(29)17-11-7-6-10-16(17)22(18)28)26-13-12-25-24(26)19(15)21(27)14-8-4-3-5-9-14/h3-11,15,25H,2,12-13H2,1H3. The van der Waals surface area contributed by atoms with Crippen LogP contribution in [0.2, 0.25) is 0 Å². The number of nitrogens with zero attached hydrogens (tertiary/aromatic N) is 1. The van der Waals surface area contributed by atoms with Crippen molar-refractivity contribution < 1.29 is 14.4 Å². The van der Waals surface area contributed by atoms with Gasteiger partial charge in [-0.1, -0.05) is 61.5 Å². The summed E-state index contributed by atoms with van der Waals surface area (Å²) in [7, 11) is 0. The molecule has 0 spiro atoms. The van der Waals surface area contributed by atoms with Gasteiger partial charge in [-0.15, -0.1) is 0 Å². The minimum absolute atomic E-state index is 0.0995. The SMILES string of the molecule is CCC1C(C(=O)c2ccccc2)=C2NCCN2C2=C1C(=O)c1ccccc1C2=O. The smallest absolute Gasteiger partial charge is 0.210 e. The van der Waals surface area contributed by atoms with Gasteiger partial charge in [-0.25, -0.2) is 0 Å². The van der Waals surface area contributed by atoms with Gasteiger partial charge >= 0.3 is 0 Å². The predicted molar refractivity (Wildman–Crippen MR) is 108 cm³/mol. The largest absolute Gasteiger partial charge is 0.369 e. The summed E-state index contributed by atoms with van der Waals surface area (Å²) < 4.78 is 0. The Balaban J connectivity index is 1.72. The molecular weight excluding hydrogens is 364 g/mol. The Bertz CT molecular complexity index is 1130. The van der Waals surface area contributed by atoms with E-state index in [4.69, 9.17) is 0 Å². The van der Waals surface area contributed by atoms with Crippen molar-refractivity contribution in [2.75, 3.05) is 13.1 Å². The van der Waals surface area contributed by atoms with E-state index in [1.54, 1.807) is 36.4 Å². The molecular formula is C24H20N2O3. The highest BCUT2D eigenvalue weighted by Crippen LogP contribution is 2.44. The van der Waals surface area contributed by atoms with E-state index >= 15 is 0 Å². The van der Waals surface area contributed by atoms with Gasteiger partial charge in [0, 0.05) is 46.8 Å². The van der Waals surface area contributed by atoms with E-state index in [0.717, 1.165) is 0 Å². The van der Waals surface area contributed by atoms with Crippen LogP contribution in [0.4, 0.5) is 0 Å². The van der Waals surface area contributed by atoms with Gasteiger partial charge in [0.05, 0.1) is 5.70 Å². The van der Waals surface area contributed by atoms with Crippen molar-refractivity contribution in [3.63, 3.8) is 0 Å². The molecule has 0 aromatic heterocycles. The molecule has 1 aliphatic carbocycles. The average Bonchev–Trinajstić information content (AvgIpc) is 3.25. The third-order valence-corrected chi connectivity index (χ3v) is 5.94. The normalized spacial score (nSPS) is 20.3. The summed E-state index contributed by atoms with van der Waals surface area (Å²) in [5.74, 6) is -0.130. The number of fused-ring (bicyclic) bond motifs is 3. The molecule has 2 aromatic carbocycles. The third kappa shape index (κ3) is 2.43. The van der Waals surface area contributed by atoms with Gasteiger partial charge in [0.25, 0.3) is 0 Å². The number of carbonyl (C=O) groups is 3. The first-order valence-corrected chi connectivity index (χ1v) is 9.91. The van der Waals surface area contributed by atoms with Crippen LogP contribution in [0.25, 0.3) is 0 Å². The van der Waals surface area contributed by atoms with Crippen molar-refractivity contribution >= 4 is 17.3 Å². The molecule has 5 heteroatoms. The number of rotatable bonds is 3. The first-order valence-electron chi connectivity index (χ1n) is 9.91. The fourth-order valence-corrected chi connectivity index (χ4v) is 4.66. The van der Waals surface area contributed by atoms with Crippen LogP contribution in [-0.4, -0.2) is 35.3 Å². The highest BCUT2D eigenvalue weighted by Gasteiger charge is 2.47. The number of allylic oxidation sites excluding steroid dienone is 3. The van der Waals surface area contributed by atoms with Crippen LogP contribution in [0.3, 0.4) is 0 Å². The van der Waals surface area contributed by atoms with E-state index in [1.807, 2.05) is 30.0 Å². The molecule has 2 aromatic rings. The lowest BCUT2D eigenvalue weighted by atomic mass is 9.73. The van der Waals surface area contributed by atoms with Crippen molar-refractivity contribution in [3.8, 4) is 0 Å². The van der Waals surface area contributed by atoms with Gasteiger partial charge in [0.2, 0.25) is 5.78 Å². The fraction of sp³-hybridized carbons (Fsp3) is 0.208. The highest BCUT2D eigenvalue weighted by atomic mass is 16.1. The molecule has 2 aliphatic heterocycles. The third-order valence-electron chi connectivity index (χ3n) is 5.94. The molecule has 0 radical (unpaired) electrons. The maximum Gasteiger partial charge on any atom is 0.210 e. The zero-order valence-electron chi connectivity index (χ0n) is 16.1. The van der Waals surface area contributed by atoms with Gasteiger partial charge in [0.1, 0.15) is 5.82 Å². The van der Waals surface area contributed by atoms with Crippen molar-refractivity contribution in [3.05, 3.63) is 94.0 Å². The number of carbonyl (C=O) groups excluding carboxylic acids is 3. The molecule has 5 rings (SSSR count). The molecule has 2 heterocycles. The van der Waals surface area contributed by atoms with E-state index in [0.29, 0.717) is 58.9 Å². The lowest BCUT2D eigenvalue weighted by Crippen LogP contribution is -2.41. The molecule has 1 fully saturated rings. The lowest BCUT2D eigenvalue weighted by molar-refractivity contribution is 0.0928. The molecule has 1 N–H and O–H groups in total. The predicted octanol–water partition coefficient (Wildman–Crippen LogP) is 3.36. The second kappa shape index (κ2) is 6.55. The molecule has 29 heavy (non-hydrogen) atoms. The number of hydrogen-bond donors (Lipinski definition) is 1. The fourth-order valence-electron chi connectivity index (χ4n) is 4.66. The molecule has 1 unspecified atom stereocenters.